The van der Waals surface area contributed by atoms with Crippen LogP contribution in [0.1, 0.15) is 17.2 Å². The van der Waals surface area contributed by atoms with Crippen molar-refractivity contribution >= 4 is 5.69 Å². The number of nitrogens with zero attached hydrogens (tertiary/aromatic N) is 1. The van der Waals surface area contributed by atoms with E-state index in [9.17, 15) is 0 Å². The first-order chi connectivity index (χ1) is 9.61. The van der Waals surface area contributed by atoms with Crippen LogP contribution in [0.2, 0.25) is 0 Å². The van der Waals surface area contributed by atoms with Crippen LogP contribution in [0.3, 0.4) is 0 Å². The SMILES string of the molecule is COc1ccc(N(C)CC(N)c2ccccc2C)cc1. The number of rotatable bonds is 5. The third-order valence-electron chi connectivity index (χ3n) is 3.57. The van der Waals surface area contributed by atoms with Gasteiger partial charge in [-0.1, -0.05) is 24.3 Å². The Labute approximate surface area is 121 Å². The molecule has 106 valence electrons. The number of likely N-dealkylation sites (N-methyl/N-ethyl adjacent to an activating group) is 1. The number of methoxy groups -OCH3 is 1. The smallest absolute Gasteiger partial charge is 0.119 e. The molecule has 0 aliphatic heterocycles. The molecule has 0 fully saturated rings. The van der Waals surface area contributed by atoms with Crippen molar-refractivity contribution in [2.45, 2.75) is 13.0 Å². The van der Waals surface area contributed by atoms with Crippen LogP contribution in [0, 0.1) is 6.92 Å². The minimum Gasteiger partial charge on any atom is -0.497 e. The summed E-state index contributed by atoms with van der Waals surface area (Å²) in [4.78, 5) is 2.16. The number of ether oxygens (including phenoxy) is 1. The van der Waals surface area contributed by atoms with Crippen LogP contribution >= 0.6 is 0 Å². The van der Waals surface area contributed by atoms with Crippen molar-refractivity contribution in [1.29, 1.82) is 0 Å². The Balaban J connectivity index is 2.06. The van der Waals surface area contributed by atoms with Crippen LogP contribution in [0.5, 0.6) is 5.75 Å². The Morgan fingerprint density at radius 3 is 2.35 bits per heavy atom. The van der Waals surface area contributed by atoms with Crippen LogP contribution in [0.4, 0.5) is 5.69 Å². The van der Waals surface area contributed by atoms with Crippen molar-refractivity contribution in [2.75, 3.05) is 25.6 Å². The fraction of sp³-hybridized carbons (Fsp3) is 0.294. The summed E-state index contributed by atoms with van der Waals surface area (Å²) in [5, 5.41) is 0. The summed E-state index contributed by atoms with van der Waals surface area (Å²) in [7, 11) is 3.73. The Hall–Kier alpha value is -2.00. The molecule has 0 spiro atoms. The lowest BCUT2D eigenvalue weighted by Crippen LogP contribution is -2.29. The Bertz CT molecular complexity index is 551. The van der Waals surface area contributed by atoms with Gasteiger partial charge in [0.15, 0.2) is 0 Å². The van der Waals surface area contributed by atoms with Gasteiger partial charge in [0.1, 0.15) is 5.75 Å². The molecule has 0 saturated heterocycles. The first-order valence-electron chi connectivity index (χ1n) is 6.78. The molecule has 0 aromatic heterocycles. The maximum Gasteiger partial charge on any atom is 0.119 e. The molecule has 0 heterocycles. The lowest BCUT2D eigenvalue weighted by molar-refractivity contribution is 0.415. The fourth-order valence-electron chi connectivity index (χ4n) is 2.34. The fourth-order valence-corrected chi connectivity index (χ4v) is 2.34. The molecule has 1 atom stereocenters. The Morgan fingerprint density at radius 1 is 1.10 bits per heavy atom. The maximum atomic E-state index is 6.32. The van der Waals surface area contributed by atoms with E-state index < -0.39 is 0 Å². The molecule has 0 saturated carbocycles. The zero-order chi connectivity index (χ0) is 14.5. The number of nitrogens with two attached hydrogens (primary N) is 1. The second-order valence-electron chi connectivity index (χ2n) is 5.04. The molecule has 0 aliphatic rings. The van der Waals surface area contributed by atoms with Crippen LogP contribution in [-0.4, -0.2) is 20.7 Å². The second-order valence-corrected chi connectivity index (χ2v) is 5.04. The monoisotopic (exact) mass is 270 g/mol. The zero-order valence-corrected chi connectivity index (χ0v) is 12.3. The summed E-state index contributed by atoms with van der Waals surface area (Å²) in [6.07, 6.45) is 0. The standard InChI is InChI=1S/C17H22N2O/c1-13-6-4-5-7-16(13)17(18)12-19(2)14-8-10-15(20-3)11-9-14/h4-11,17H,12,18H2,1-3H3. The lowest BCUT2D eigenvalue weighted by atomic mass is 10.0. The van der Waals surface area contributed by atoms with E-state index >= 15 is 0 Å². The topological polar surface area (TPSA) is 38.5 Å². The van der Waals surface area contributed by atoms with E-state index in [-0.39, 0.29) is 6.04 Å². The highest BCUT2D eigenvalue weighted by atomic mass is 16.5. The van der Waals surface area contributed by atoms with Crippen LogP contribution < -0.4 is 15.4 Å². The van der Waals surface area contributed by atoms with Gasteiger partial charge in [-0.05, 0) is 42.3 Å². The minimum absolute atomic E-state index is 0.00306. The molecule has 3 nitrogen and oxygen atoms in total. The third-order valence-corrected chi connectivity index (χ3v) is 3.57. The average Bonchev–Trinajstić information content (AvgIpc) is 2.47. The van der Waals surface area contributed by atoms with E-state index in [0.717, 1.165) is 18.0 Å². The second kappa shape index (κ2) is 6.44. The van der Waals surface area contributed by atoms with Crippen molar-refractivity contribution in [3.63, 3.8) is 0 Å². The van der Waals surface area contributed by atoms with Crippen molar-refractivity contribution < 1.29 is 4.74 Å². The van der Waals surface area contributed by atoms with Gasteiger partial charge in [0.2, 0.25) is 0 Å². The molecule has 2 aromatic rings. The van der Waals surface area contributed by atoms with E-state index in [0.29, 0.717) is 0 Å². The molecule has 0 bridgehead atoms. The summed E-state index contributed by atoms with van der Waals surface area (Å²) in [6, 6.07) is 16.3. The Morgan fingerprint density at radius 2 is 1.75 bits per heavy atom. The quantitative estimate of drug-likeness (QED) is 0.907. The highest BCUT2D eigenvalue weighted by molar-refractivity contribution is 5.49. The number of anilines is 1. The molecule has 0 radical (unpaired) electrons. The molecule has 0 amide bonds. The summed E-state index contributed by atoms with van der Waals surface area (Å²) < 4.78 is 5.17. The highest BCUT2D eigenvalue weighted by Crippen LogP contribution is 2.21. The predicted molar refractivity (Wildman–Crippen MR) is 84.4 cm³/mol. The number of hydrogen-bond donors (Lipinski definition) is 1. The summed E-state index contributed by atoms with van der Waals surface area (Å²) in [5.41, 5.74) is 9.90. The van der Waals surface area contributed by atoms with Crippen LogP contribution in [0.25, 0.3) is 0 Å². The van der Waals surface area contributed by atoms with Gasteiger partial charge >= 0.3 is 0 Å². The van der Waals surface area contributed by atoms with Gasteiger partial charge in [-0.2, -0.15) is 0 Å². The molecule has 2 aromatic carbocycles. The molecule has 3 heteroatoms. The van der Waals surface area contributed by atoms with Crippen LogP contribution in [0.15, 0.2) is 48.5 Å². The van der Waals surface area contributed by atoms with Gasteiger partial charge in [-0.3, -0.25) is 0 Å². The molecular formula is C17H22N2O. The van der Waals surface area contributed by atoms with Gasteiger partial charge < -0.3 is 15.4 Å². The van der Waals surface area contributed by atoms with Crippen molar-refractivity contribution in [1.82, 2.24) is 0 Å². The highest BCUT2D eigenvalue weighted by Gasteiger charge is 2.11. The zero-order valence-electron chi connectivity index (χ0n) is 12.3. The van der Waals surface area contributed by atoms with Crippen molar-refractivity contribution in [2.24, 2.45) is 5.73 Å². The first-order valence-corrected chi connectivity index (χ1v) is 6.78. The van der Waals surface area contributed by atoms with E-state index in [1.54, 1.807) is 7.11 Å². The van der Waals surface area contributed by atoms with Crippen LogP contribution in [-0.2, 0) is 0 Å². The summed E-state index contributed by atoms with van der Waals surface area (Å²) >= 11 is 0. The van der Waals surface area contributed by atoms with E-state index in [4.69, 9.17) is 10.5 Å². The normalized spacial score (nSPS) is 12.0. The summed E-state index contributed by atoms with van der Waals surface area (Å²) in [5.74, 6) is 0.866. The molecule has 2 N–H and O–H groups in total. The molecule has 2 rings (SSSR count). The molecule has 1 unspecified atom stereocenters. The lowest BCUT2D eigenvalue weighted by Gasteiger charge is -2.24. The van der Waals surface area contributed by atoms with Gasteiger partial charge in [0.05, 0.1) is 7.11 Å². The average molecular weight is 270 g/mol. The minimum atomic E-state index is 0.00306. The predicted octanol–water partition coefficient (Wildman–Crippen LogP) is 3.14. The molecular weight excluding hydrogens is 248 g/mol. The summed E-state index contributed by atoms with van der Waals surface area (Å²) in [6.45, 7) is 2.87. The number of benzene rings is 2. The van der Waals surface area contributed by atoms with Gasteiger partial charge in [-0.25, -0.2) is 0 Å². The Kier molecular flexibility index (Phi) is 4.64. The van der Waals surface area contributed by atoms with Crippen molar-refractivity contribution in [3.05, 3.63) is 59.7 Å². The molecule has 0 aliphatic carbocycles. The third kappa shape index (κ3) is 3.31. The number of aryl methyl sites for hydroxylation is 1. The van der Waals surface area contributed by atoms with E-state index in [1.807, 2.05) is 36.4 Å². The largest absolute Gasteiger partial charge is 0.497 e. The van der Waals surface area contributed by atoms with E-state index in [2.05, 4.69) is 31.0 Å². The first kappa shape index (κ1) is 14.4. The van der Waals surface area contributed by atoms with Gasteiger partial charge in [-0.15, -0.1) is 0 Å². The molecule has 20 heavy (non-hydrogen) atoms. The van der Waals surface area contributed by atoms with E-state index in [1.165, 1.54) is 11.1 Å². The maximum absolute atomic E-state index is 6.32. The van der Waals surface area contributed by atoms with Crippen molar-refractivity contribution in [3.8, 4) is 5.75 Å². The van der Waals surface area contributed by atoms with Gasteiger partial charge in [0.25, 0.3) is 0 Å². The number of hydrogen-bond acceptors (Lipinski definition) is 3. The van der Waals surface area contributed by atoms with Gasteiger partial charge in [0, 0.05) is 25.3 Å².